The van der Waals surface area contributed by atoms with Crippen LogP contribution >= 0.6 is 15.9 Å². The molecule has 1 rings (SSSR count). The predicted molar refractivity (Wildman–Crippen MR) is 46.2 cm³/mol. The third-order valence-corrected chi connectivity index (χ3v) is 1.58. The van der Waals surface area contributed by atoms with E-state index in [0.29, 0.717) is 10.8 Å². The topological polar surface area (TPSA) is 38.1 Å². The van der Waals surface area contributed by atoms with Crippen LogP contribution in [-0.4, -0.2) is 11.0 Å². The molecule has 1 heterocycles. The van der Waals surface area contributed by atoms with E-state index in [1.54, 1.807) is 6.26 Å². The van der Waals surface area contributed by atoms with Crippen LogP contribution in [0.5, 0.6) is 0 Å². The highest BCUT2D eigenvalue weighted by Gasteiger charge is 2.00. The van der Waals surface area contributed by atoms with Crippen molar-refractivity contribution in [2.24, 2.45) is 0 Å². The maximum atomic E-state index is 4.96. The van der Waals surface area contributed by atoms with E-state index in [0.717, 1.165) is 12.2 Å². The van der Waals surface area contributed by atoms with Crippen LogP contribution in [0.4, 0.5) is 0 Å². The van der Waals surface area contributed by atoms with Gasteiger partial charge in [0, 0.05) is 28.5 Å². The van der Waals surface area contributed by atoms with Crippen molar-refractivity contribution >= 4 is 15.9 Å². The van der Waals surface area contributed by atoms with Gasteiger partial charge >= 0.3 is 0 Å². The zero-order chi connectivity index (χ0) is 8.27. The molecule has 0 aliphatic heterocycles. The highest BCUT2D eigenvalue weighted by atomic mass is 79.9. The van der Waals surface area contributed by atoms with Gasteiger partial charge in [0.25, 0.3) is 4.80 Å². The molecule has 3 nitrogen and oxygen atoms in total. The van der Waals surface area contributed by atoms with Crippen molar-refractivity contribution in [1.29, 1.82) is 0 Å². The molecule has 11 heavy (non-hydrogen) atoms. The molecule has 0 spiro atoms. The first-order valence-electron chi connectivity index (χ1n) is 3.52. The van der Waals surface area contributed by atoms with E-state index in [9.17, 15) is 0 Å². The Morgan fingerprint density at radius 1 is 1.73 bits per heavy atom. The number of oxazole rings is 1. The normalized spacial score (nSPS) is 10.9. The summed E-state index contributed by atoms with van der Waals surface area (Å²) in [6, 6.07) is 0.477. The number of nitrogens with one attached hydrogen (secondary N) is 1. The highest BCUT2D eigenvalue weighted by molar-refractivity contribution is 9.10. The van der Waals surface area contributed by atoms with Crippen LogP contribution in [0.2, 0.25) is 0 Å². The van der Waals surface area contributed by atoms with Crippen LogP contribution < -0.4 is 5.32 Å². The number of aromatic nitrogens is 1. The lowest BCUT2D eigenvalue weighted by atomic mass is 10.4. The molecule has 0 atom stereocenters. The molecule has 0 amide bonds. The lowest BCUT2D eigenvalue weighted by Gasteiger charge is -2.03. The van der Waals surface area contributed by atoms with Gasteiger partial charge in [-0.15, -0.1) is 0 Å². The van der Waals surface area contributed by atoms with Gasteiger partial charge in [0.1, 0.15) is 6.26 Å². The van der Waals surface area contributed by atoms with Crippen molar-refractivity contribution < 1.29 is 4.42 Å². The minimum absolute atomic E-state index is 0.477. The minimum atomic E-state index is 0.477. The molecule has 0 saturated heterocycles. The van der Waals surface area contributed by atoms with E-state index in [1.807, 2.05) is 0 Å². The highest BCUT2D eigenvalue weighted by Crippen LogP contribution is 2.07. The van der Waals surface area contributed by atoms with Crippen molar-refractivity contribution in [2.45, 2.75) is 26.4 Å². The molecule has 0 aromatic carbocycles. The molecule has 0 bridgehead atoms. The summed E-state index contributed by atoms with van der Waals surface area (Å²) in [4.78, 5) is 4.61. The first-order valence-corrected chi connectivity index (χ1v) is 4.31. The molecule has 0 radical (unpaired) electrons. The van der Waals surface area contributed by atoms with Crippen molar-refractivity contribution in [1.82, 2.24) is 10.3 Å². The number of nitrogens with zero attached hydrogens (tertiary/aromatic N) is 1. The quantitative estimate of drug-likeness (QED) is 0.843. The van der Waals surface area contributed by atoms with Gasteiger partial charge in [0.2, 0.25) is 0 Å². The molecular weight excluding hydrogens is 208 g/mol. The van der Waals surface area contributed by atoms with Crippen LogP contribution in [0.3, 0.4) is 0 Å². The molecular formula is C7H11BrN2O. The maximum absolute atomic E-state index is 4.96. The fourth-order valence-electron chi connectivity index (χ4n) is 0.672. The van der Waals surface area contributed by atoms with E-state index < -0.39 is 0 Å². The summed E-state index contributed by atoms with van der Waals surface area (Å²) in [6.45, 7) is 4.94. The van der Waals surface area contributed by atoms with Gasteiger partial charge in [-0.3, -0.25) is 0 Å². The largest absolute Gasteiger partial charge is 0.439 e. The van der Waals surface area contributed by atoms with E-state index in [2.05, 4.69) is 40.1 Å². The average molecular weight is 219 g/mol. The number of rotatable bonds is 3. The third-order valence-electron chi connectivity index (χ3n) is 1.22. The first-order chi connectivity index (χ1) is 5.18. The summed E-state index contributed by atoms with van der Waals surface area (Å²) >= 11 is 3.13. The lowest BCUT2D eigenvalue weighted by Crippen LogP contribution is -2.21. The fourth-order valence-corrected chi connectivity index (χ4v) is 0.993. The van der Waals surface area contributed by atoms with Crippen LogP contribution in [0, 0.1) is 0 Å². The van der Waals surface area contributed by atoms with Gasteiger partial charge in [0.05, 0.1) is 5.69 Å². The molecule has 4 heteroatoms. The summed E-state index contributed by atoms with van der Waals surface area (Å²) in [5, 5.41) is 3.23. The van der Waals surface area contributed by atoms with Crippen molar-refractivity contribution in [3.63, 3.8) is 0 Å². The first kappa shape index (κ1) is 8.74. The Morgan fingerprint density at radius 3 is 2.91 bits per heavy atom. The monoisotopic (exact) mass is 218 g/mol. The van der Waals surface area contributed by atoms with Gasteiger partial charge in [-0.05, 0) is 0 Å². The number of halogens is 1. The molecule has 1 N–H and O–H groups in total. The Labute approximate surface area is 74.3 Å². The lowest BCUT2D eigenvalue weighted by molar-refractivity contribution is 0.525. The van der Waals surface area contributed by atoms with Crippen molar-refractivity contribution in [3.05, 3.63) is 16.8 Å². The van der Waals surface area contributed by atoms with Gasteiger partial charge in [0.15, 0.2) is 0 Å². The molecule has 0 fully saturated rings. The van der Waals surface area contributed by atoms with Gasteiger partial charge in [-0.1, -0.05) is 13.8 Å². The van der Waals surface area contributed by atoms with Crippen LogP contribution in [0.25, 0.3) is 0 Å². The molecule has 0 aliphatic carbocycles. The fraction of sp³-hybridized carbons (Fsp3) is 0.571. The second kappa shape index (κ2) is 3.88. The SMILES string of the molecule is CC(C)NCc1coc(Br)n1. The summed E-state index contributed by atoms with van der Waals surface area (Å²) in [5.41, 5.74) is 0.922. The summed E-state index contributed by atoms with van der Waals surface area (Å²) < 4.78 is 4.96. The molecule has 62 valence electrons. The molecule has 0 aliphatic rings. The predicted octanol–water partition coefficient (Wildman–Crippen LogP) is 1.94. The summed E-state index contributed by atoms with van der Waals surface area (Å²) in [5.74, 6) is 0. The zero-order valence-corrected chi connectivity index (χ0v) is 8.18. The van der Waals surface area contributed by atoms with Crippen molar-refractivity contribution in [2.75, 3.05) is 0 Å². The molecule has 0 saturated carbocycles. The smallest absolute Gasteiger partial charge is 0.264 e. The second-order valence-corrected chi connectivity index (χ2v) is 3.31. The molecule has 1 aromatic heterocycles. The average Bonchev–Trinajstić information content (AvgIpc) is 2.31. The van der Waals surface area contributed by atoms with Crippen LogP contribution in [-0.2, 0) is 6.54 Å². The standard InChI is InChI=1S/C7H11BrN2O/c1-5(2)9-3-6-4-11-7(8)10-6/h4-5,9H,3H2,1-2H3. The van der Waals surface area contributed by atoms with Crippen LogP contribution in [0.15, 0.2) is 15.5 Å². The Morgan fingerprint density at radius 2 is 2.45 bits per heavy atom. The number of hydrogen-bond acceptors (Lipinski definition) is 3. The Kier molecular flexibility index (Phi) is 3.08. The number of hydrogen-bond donors (Lipinski definition) is 1. The second-order valence-electron chi connectivity index (χ2n) is 2.63. The van der Waals surface area contributed by atoms with Crippen molar-refractivity contribution in [3.8, 4) is 0 Å². The third kappa shape index (κ3) is 3.03. The molecule has 0 unspecified atom stereocenters. The van der Waals surface area contributed by atoms with Gasteiger partial charge in [-0.25, -0.2) is 4.98 Å². The Hall–Kier alpha value is -0.350. The van der Waals surface area contributed by atoms with E-state index in [-0.39, 0.29) is 0 Å². The van der Waals surface area contributed by atoms with Gasteiger partial charge in [-0.2, -0.15) is 0 Å². The van der Waals surface area contributed by atoms with E-state index in [4.69, 9.17) is 4.42 Å². The van der Waals surface area contributed by atoms with E-state index >= 15 is 0 Å². The summed E-state index contributed by atoms with van der Waals surface area (Å²) in [7, 11) is 0. The minimum Gasteiger partial charge on any atom is -0.439 e. The molecule has 1 aromatic rings. The Bertz CT molecular complexity index is 222. The maximum Gasteiger partial charge on any atom is 0.264 e. The Balaban J connectivity index is 2.39. The zero-order valence-electron chi connectivity index (χ0n) is 6.60. The van der Waals surface area contributed by atoms with E-state index in [1.165, 1.54) is 0 Å². The van der Waals surface area contributed by atoms with Gasteiger partial charge < -0.3 is 9.73 Å². The summed E-state index contributed by atoms with van der Waals surface area (Å²) in [6.07, 6.45) is 1.64. The van der Waals surface area contributed by atoms with Crippen LogP contribution in [0.1, 0.15) is 19.5 Å².